The molecule has 0 aliphatic heterocycles. The third kappa shape index (κ3) is 3.70. The van der Waals surface area contributed by atoms with Crippen molar-refractivity contribution in [1.82, 2.24) is 4.98 Å². The van der Waals surface area contributed by atoms with Crippen molar-refractivity contribution in [2.45, 2.75) is 12.8 Å². The molecule has 0 bridgehead atoms. The molecule has 0 aliphatic rings. The maximum absolute atomic E-state index is 13.5. The van der Waals surface area contributed by atoms with E-state index in [-0.39, 0.29) is 11.4 Å². The molecule has 1 aromatic carbocycles. The molecule has 2 rings (SSSR count). The minimum Gasteiger partial charge on any atom is -0.494 e. The number of ether oxygens (including phenoxy) is 1. The molecular formula is C15H14ClFN2O2. The number of rotatable bonds is 5. The molecule has 1 aromatic heterocycles. The zero-order valence-corrected chi connectivity index (χ0v) is 12.2. The second-order valence-corrected chi connectivity index (χ2v) is 4.47. The van der Waals surface area contributed by atoms with Gasteiger partial charge in [-0.25, -0.2) is 4.39 Å². The molecule has 0 unspecified atom stereocenters. The van der Waals surface area contributed by atoms with Crippen LogP contribution in [0.2, 0.25) is 0 Å². The first-order chi connectivity index (χ1) is 10.2. The number of nitrogens with zero attached hydrogens (tertiary/aromatic N) is 1. The van der Waals surface area contributed by atoms with Crippen LogP contribution in [-0.4, -0.2) is 17.5 Å². The van der Waals surface area contributed by atoms with Gasteiger partial charge in [-0.15, -0.1) is 11.6 Å². The van der Waals surface area contributed by atoms with Gasteiger partial charge in [-0.3, -0.25) is 9.78 Å². The summed E-state index contributed by atoms with van der Waals surface area (Å²) in [6.45, 7) is 2.40. The molecule has 1 amide bonds. The van der Waals surface area contributed by atoms with Crippen LogP contribution in [-0.2, 0) is 5.88 Å². The number of aromatic nitrogens is 1. The highest BCUT2D eigenvalue weighted by Gasteiger charge is 2.12. The van der Waals surface area contributed by atoms with E-state index in [1.54, 1.807) is 18.2 Å². The van der Waals surface area contributed by atoms with Gasteiger partial charge in [0.2, 0.25) is 0 Å². The van der Waals surface area contributed by atoms with Crippen LogP contribution in [0.25, 0.3) is 0 Å². The predicted octanol–water partition coefficient (Wildman–Crippen LogP) is 3.61. The maximum Gasteiger partial charge on any atom is 0.258 e. The van der Waals surface area contributed by atoms with Crippen molar-refractivity contribution in [1.29, 1.82) is 0 Å². The van der Waals surface area contributed by atoms with Gasteiger partial charge in [-0.2, -0.15) is 0 Å². The number of benzene rings is 1. The molecule has 2 aromatic rings. The highest BCUT2D eigenvalue weighted by Crippen LogP contribution is 2.25. The monoisotopic (exact) mass is 308 g/mol. The van der Waals surface area contributed by atoms with E-state index in [9.17, 15) is 9.18 Å². The zero-order chi connectivity index (χ0) is 15.2. The van der Waals surface area contributed by atoms with E-state index in [4.69, 9.17) is 16.3 Å². The van der Waals surface area contributed by atoms with Gasteiger partial charge >= 0.3 is 0 Å². The van der Waals surface area contributed by atoms with Crippen molar-refractivity contribution >= 4 is 23.2 Å². The Morgan fingerprint density at radius 3 is 2.90 bits per heavy atom. The molecule has 1 heterocycles. The molecule has 0 saturated heterocycles. The van der Waals surface area contributed by atoms with Gasteiger partial charge in [0.1, 0.15) is 5.75 Å². The molecule has 0 spiro atoms. The molecule has 21 heavy (non-hydrogen) atoms. The van der Waals surface area contributed by atoms with Crippen LogP contribution in [0.3, 0.4) is 0 Å². The van der Waals surface area contributed by atoms with Gasteiger partial charge in [0.15, 0.2) is 5.82 Å². The Labute approximate surface area is 126 Å². The van der Waals surface area contributed by atoms with Crippen LogP contribution in [0.5, 0.6) is 5.75 Å². The Hall–Kier alpha value is -2.14. The Bertz CT molecular complexity index is 649. The van der Waals surface area contributed by atoms with Crippen molar-refractivity contribution in [2.75, 3.05) is 11.9 Å². The first-order valence-electron chi connectivity index (χ1n) is 6.38. The number of alkyl halides is 1. The van der Waals surface area contributed by atoms with Crippen LogP contribution in [0.4, 0.5) is 10.1 Å². The van der Waals surface area contributed by atoms with Crippen molar-refractivity contribution in [3.05, 3.63) is 53.6 Å². The molecule has 1 N–H and O–H groups in total. The van der Waals surface area contributed by atoms with Gasteiger partial charge < -0.3 is 10.1 Å². The molecule has 0 fully saturated rings. The smallest absolute Gasteiger partial charge is 0.258 e. The first-order valence-corrected chi connectivity index (χ1v) is 6.91. The summed E-state index contributed by atoms with van der Waals surface area (Å²) in [6.07, 6.45) is 2.36. The molecular weight excluding hydrogens is 295 g/mol. The van der Waals surface area contributed by atoms with Crippen molar-refractivity contribution in [2.24, 2.45) is 0 Å². The fourth-order valence-corrected chi connectivity index (χ4v) is 2.02. The second-order valence-electron chi connectivity index (χ2n) is 4.20. The van der Waals surface area contributed by atoms with E-state index in [1.165, 1.54) is 12.3 Å². The summed E-state index contributed by atoms with van der Waals surface area (Å²) in [5.74, 6) is -0.290. The number of amides is 1. The lowest BCUT2D eigenvalue weighted by atomic mass is 10.2. The number of carbonyl (C=O) groups is 1. The SMILES string of the molecule is CCOc1ccc(NC(=O)c2ccncc2F)cc1CCl. The molecule has 4 nitrogen and oxygen atoms in total. The summed E-state index contributed by atoms with van der Waals surface area (Å²) < 4.78 is 18.9. The lowest BCUT2D eigenvalue weighted by Gasteiger charge is -2.11. The maximum atomic E-state index is 13.5. The number of anilines is 1. The van der Waals surface area contributed by atoms with Gasteiger partial charge in [0.25, 0.3) is 5.91 Å². The van der Waals surface area contributed by atoms with Crippen LogP contribution in [0.15, 0.2) is 36.7 Å². The molecule has 0 saturated carbocycles. The van der Waals surface area contributed by atoms with E-state index in [0.717, 1.165) is 11.8 Å². The standard InChI is InChI=1S/C15H14ClFN2O2/c1-2-21-14-4-3-11(7-10(14)8-16)19-15(20)12-5-6-18-9-13(12)17/h3-7,9H,2,8H2,1H3,(H,19,20). The number of carbonyl (C=O) groups excluding carboxylic acids is 1. The summed E-state index contributed by atoms with van der Waals surface area (Å²) in [4.78, 5) is 15.6. The van der Waals surface area contributed by atoms with Crippen molar-refractivity contribution in [3.63, 3.8) is 0 Å². The number of hydrogen-bond donors (Lipinski definition) is 1. The largest absolute Gasteiger partial charge is 0.494 e. The van der Waals surface area contributed by atoms with Crippen LogP contribution < -0.4 is 10.1 Å². The lowest BCUT2D eigenvalue weighted by molar-refractivity contribution is 0.102. The van der Waals surface area contributed by atoms with E-state index >= 15 is 0 Å². The quantitative estimate of drug-likeness (QED) is 0.858. The Morgan fingerprint density at radius 2 is 2.24 bits per heavy atom. The predicted molar refractivity (Wildman–Crippen MR) is 79.3 cm³/mol. The summed E-state index contributed by atoms with van der Waals surface area (Å²) >= 11 is 5.86. The third-order valence-corrected chi connectivity index (χ3v) is 3.07. The minimum absolute atomic E-state index is 0.0636. The molecule has 6 heteroatoms. The number of nitrogens with one attached hydrogen (secondary N) is 1. The van der Waals surface area contributed by atoms with Gasteiger partial charge in [0, 0.05) is 17.4 Å². The van der Waals surface area contributed by atoms with Gasteiger partial charge in [-0.05, 0) is 31.2 Å². The fourth-order valence-electron chi connectivity index (χ4n) is 1.82. The van der Waals surface area contributed by atoms with E-state index in [2.05, 4.69) is 10.3 Å². The highest BCUT2D eigenvalue weighted by atomic mass is 35.5. The normalized spacial score (nSPS) is 10.2. The number of hydrogen-bond acceptors (Lipinski definition) is 3. The van der Waals surface area contributed by atoms with Gasteiger partial charge in [-0.1, -0.05) is 0 Å². The Morgan fingerprint density at radius 1 is 1.43 bits per heavy atom. The number of halogens is 2. The minimum atomic E-state index is -0.668. The highest BCUT2D eigenvalue weighted by molar-refractivity contribution is 6.17. The average Bonchev–Trinajstić information content (AvgIpc) is 2.49. The fraction of sp³-hybridized carbons (Fsp3) is 0.200. The Balaban J connectivity index is 2.20. The molecule has 0 atom stereocenters. The average molecular weight is 309 g/mol. The first kappa shape index (κ1) is 15.3. The van der Waals surface area contributed by atoms with E-state index in [0.29, 0.717) is 18.0 Å². The van der Waals surface area contributed by atoms with Crippen LogP contribution >= 0.6 is 11.6 Å². The second kappa shape index (κ2) is 7.04. The summed E-state index contributed by atoms with van der Waals surface area (Å²) in [7, 11) is 0. The zero-order valence-electron chi connectivity index (χ0n) is 11.4. The summed E-state index contributed by atoms with van der Waals surface area (Å²) in [6, 6.07) is 6.43. The molecule has 110 valence electrons. The summed E-state index contributed by atoms with van der Waals surface area (Å²) in [5, 5.41) is 2.62. The van der Waals surface area contributed by atoms with Crippen molar-refractivity contribution in [3.8, 4) is 5.75 Å². The van der Waals surface area contributed by atoms with E-state index in [1.807, 2.05) is 6.92 Å². The van der Waals surface area contributed by atoms with E-state index < -0.39 is 11.7 Å². The number of pyridine rings is 1. The summed E-state index contributed by atoms with van der Waals surface area (Å²) in [5.41, 5.74) is 1.22. The van der Waals surface area contributed by atoms with Crippen molar-refractivity contribution < 1.29 is 13.9 Å². The molecule has 0 radical (unpaired) electrons. The molecule has 0 aliphatic carbocycles. The Kier molecular flexibility index (Phi) is 5.11. The van der Waals surface area contributed by atoms with Crippen LogP contribution in [0.1, 0.15) is 22.8 Å². The van der Waals surface area contributed by atoms with Gasteiger partial charge in [0.05, 0.1) is 24.2 Å². The topological polar surface area (TPSA) is 51.2 Å². The third-order valence-electron chi connectivity index (χ3n) is 2.78. The van der Waals surface area contributed by atoms with Crippen LogP contribution in [0, 0.1) is 5.82 Å². The lowest BCUT2D eigenvalue weighted by Crippen LogP contribution is -2.14.